The van der Waals surface area contributed by atoms with Gasteiger partial charge in [0, 0.05) is 17.8 Å². The van der Waals surface area contributed by atoms with E-state index in [9.17, 15) is 4.39 Å². The fourth-order valence-electron chi connectivity index (χ4n) is 3.22. The summed E-state index contributed by atoms with van der Waals surface area (Å²) < 4.78 is 17.5. The summed E-state index contributed by atoms with van der Waals surface area (Å²) in [6, 6.07) is 3.98. The highest BCUT2D eigenvalue weighted by molar-refractivity contribution is 6.00. The van der Waals surface area contributed by atoms with Crippen LogP contribution in [-0.4, -0.2) is 23.9 Å². The molecule has 1 aliphatic rings. The van der Waals surface area contributed by atoms with E-state index in [2.05, 4.69) is 19.5 Å². The van der Waals surface area contributed by atoms with E-state index in [1.807, 2.05) is 12.3 Å². The molecule has 0 aliphatic heterocycles. The van der Waals surface area contributed by atoms with Crippen LogP contribution in [0.2, 0.25) is 0 Å². The molecule has 1 fully saturated rings. The molecule has 0 spiro atoms. The van der Waals surface area contributed by atoms with Gasteiger partial charge in [-0.25, -0.2) is 9.97 Å². The molecular formula is C16H14FN7. The van der Waals surface area contributed by atoms with Crippen LogP contribution in [0, 0.1) is 5.95 Å². The Bertz CT molecular complexity index is 1110. The zero-order valence-electron chi connectivity index (χ0n) is 12.6. The second-order valence-electron chi connectivity index (χ2n) is 6.07. The molecule has 8 heteroatoms. The lowest BCUT2D eigenvalue weighted by Crippen LogP contribution is -1.97. The van der Waals surface area contributed by atoms with Crippen LogP contribution in [0.3, 0.4) is 0 Å². The van der Waals surface area contributed by atoms with Crippen LogP contribution in [0.1, 0.15) is 18.9 Å². The Hall–Kier alpha value is -3.16. The number of nitrogens with zero attached hydrogens (tertiary/aromatic N) is 5. The molecule has 0 radical (unpaired) electrons. The number of nitrogen functional groups attached to an aromatic ring is 2. The lowest BCUT2D eigenvalue weighted by Gasteiger charge is -2.06. The third-order valence-electron chi connectivity index (χ3n) is 4.47. The van der Waals surface area contributed by atoms with Gasteiger partial charge in [-0.2, -0.15) is 9.37 Å². The number of hydrogen-bond donors (Lipinski definition) is 2. The van der Waals surface area contributed by atoms with Crippen LogP contribution in [-0.2, 0) is 0 Å². The van der Waals surface area contributed by atoms with E-state index >= 15 is 0 Å². The molecule has 1 aliphatic carbocycles. The van der Waals surface area contributed by atoms with Gasteiger partial charge >= 0.3 is 0 Å². The number of nitrogens with two attached hydrogens (primary N) is 2. The summed E-state index contributed by atoms with van der Waals surface area (Å²) in [7, 11) is 0. The zero-order chi connectivity index (χ0) is 16.4. The van der Waals surface area contributed by atoms with E-state index < -0.39 is 5.95 Å². The minimum Gasteiger partial charge on any atom is -0.396 e. The third kappa shape index (κ3) is 1.73. The standard InChI is InChI=1S/C16H14FN7/c17-12-6-24-11(4-3-10(18)15(24)22-12)9-5-23(8-1-2-8)16-13(9)14(19)20-7-21-16/h3-8H,1-2,18H2,(H2,19,20,21). The van der Waals surface area contributed by atoms with E-state index in [0.717, 1.165) is 35.1 Å². The van der Waals surface area contributed by atoms with Gasteiger partial charge < -0.3 is 16.0 Å². The summed E-state index contributed by atoms with van der Waals surface area (Å²) in [6.07, 6.45) is 7.03. The Morgan fingerprint density at radius 2 is 1.92 bits per heavy atom. The molecule has 4 heterocycles. The van der Waals surface area contributed by atoms with Gasteiger partial charge in [0.25, 0.3) is 0 Å². The number of aromatic nitrogens is 5. The highest BCUT2D eigenvalue weighted by Gasteiger charge is 2.28. The van der Waals surface area contributed by atoms with Gasteiger partial charge in [-0.05, 0) is 25.0 Å². The largest absolute Gasteiger partial charge is 0.396 e. The van der Waals surface area contributed by atoms with Gasteiger partial charge in [-0.3, -0.25) is 4.40 Å². The summed E-state index contributed by atoms with van der Waals surface area (Å²) in [5, 5.41) is 0.768. The number of imidazole rings is 1. The van der Waals surface area contributed by atoms with Gasteiger partial charge in [0.05, 0.1) is 23.0 Å². The average Bonchev–Trinajstić information content (AvgIpc) is 3.21. The first-order chi connectivity index (χ1) is 11.6. The lowest BCUT2D eigenvalue weighted by molar-refractivity contribution is 0.592. The molecule has 4 aromatic heterocycles. The summed E-state index contributed by atoms with van der Waals surface area (Å²) in [5.74, 6) is -0.177. The Balaban J connectivity index is 1.89. The normalized spacial score (nSPS) is 14.7. The van der Waals surface area contributed by atoms with E-state index in [0.29, 0.717) is 23.2 Å². The highest BCUT2D eigenvalue weighted by atomic mass is 19.1. The van der Waals surface area contributed by atoms with E-state index in [4.69, 9.17) is 11.5 Å². The van der Waals surface area contributed by atoms with Crippen molar-refractivity contribution >= 4 is 28.2 Å². The minimum atomic E-state index is -0.579. The van der Waals surface area contributed by atoms with Crippen molar-refractivity contribution in [2.75, 3.05) is 11.5 Å². The Labute approximate surface area is 135 Å². The van der Waals surface area contributed by atoms with Crippen molar-refractivity contribution in [2.24, 2.45) is 0 Å². The van der Waals surface area contributed by atoms with E-state index in [1.165, 1.54) is 12.5 Å². The third-order valence-corrected chi connectivity index (χ3v) is 4.47. The topological polar surface area (TPSA) is 100 Å². The van der Waals surface area contributed by atoms with E-state index in [-0.39, 0.29) is 0 Å². The maximum atomic E-state index is 13.7. The van der Waals surface area contributed by atoms with Crippen LogP contribution >= 0.6 is 0 Å². The monoisotopic (exact) mass is 323 g/mol. The molecule has 5 rings (SSSR count). The van der Waals surface area contributed by atoms with Crippen molar-refractivity contribution < 1.29 is 4.39 Å². The lowest BCUT2D eigenvalue weighted by atomic mass is 10.1. The zero-order valence-corrected chi connectivity index (χ0v) is 12.6. The van der Waals surface area contributed by atoms with Crippen LogP contribution in [0.5, 0.6) is 0 Å². The first kappa shape index (κ1) is 13.3. The summed E-state index contributed by atoms with van der Waals surface area (Å²) in [5.41, 5.74) is 15.2. The van der Waals surface area contributed by atoms with Crippen molar-refractivity contribution in [1.29, 1.82) is 0 Å². The second kappa shape index (κ2) is 4.44. The Morgan fingerprint density at radius 3 is 2.71 bits per heavy atom. The smallest absolute Gasteiger partial charge is 0.231 e. The maximum Gasteiger partial charge on any atom is 0.231 e. The number of fused-ring (bicyclic) bond motifs is 2. The molecule has 24 heavy (non-hydrogen) atoms. The second-order valence-corrected chi connectivity index (χ2v) is 6.07. The first-order valence-electron chi connectivity index (χ1n) is 7.68. The molecule has 0 bridgehead atoms. The number of rotatable bonds is 2. The average molecular weight is 323 g/mol. The van der Waals surface area contributed by atoms with Crippen molar-refractivity contribution in [1.82, 2.24) is 23.9 Å². The van der Waals surface area contributed by atoms with Crippen LogP contribution in [0.15, 0.2) is 30.9 Å². The summed E-state index contributed by atoms with van der Waals surface area (Å²) in [6.45, 7) is 0. The number of hydrogen-bond acceptors (Lipinski definition) is 5. The molecular weight excluding hydrogens is 309 g/mol. The molecule has 4 aromatic rings. The highest BCUT2D eigenvalue weighted by Crippen LogP contribution is 2.42. The Morgan fingerprint density at radius 1 is 1.08 bits per heavy atom. The van der Waals surface area contributed by atoms with Crippen molar-refractivity contribution in [3.63, 3.8) is 0 Å². The van der Waals surface area contributed by atoms with Crippen molar-refractivity contribution in [3.8, 4) is 11.3 Å². The molecule has 4 N–H and O–H groups in total. The van der Waals surface area contributed by atoms with Gasteiger partial charge in [0.15, 0.2) is 5.65 Å². The number of halogens is 1. The molecule has 0 aromatic carbocycles. The van der Waals surface area contributed by atoms with Crippen LogP contribution in [0.4, 0.5) is 15.9 Å². The quantitative estimate of drug-likeness (QED) is 0.590. The first-order valence-corrected chi connectivity index (χ1v) is 7.68. The molecule has 0 amide bonds. The summed E-state index contributed by atoms with van der Waals surface area (Å²) in [4.78, 5) is 12.4. The summed E-state index contributed by atoms with van der Waals surface area (Å²) >= 11 is 0. The number of pyridine rings is 1. The number of anilines is 2. The van der Waals surface area contributed by atoms with Crippen molar-refractivity contribution in [3.05, 3.63) is 36.8 Å². The van der Waals surface area contributed by atoms with Gasteiger partial charge in [0.1, 0.15) is 17.8 Å². The fourth-order valence-corrected chi connectivity index (χ4v) is 3.22. The molecule has 0 unspecified atom stereocenters. The molecule has 0 atom stereocenters. The minimum absolute atomic E-state index is 0.382. The maximum absolute atomic E-state index is 13.7. The van der Waals surface area contributed by atoms with E-state index in [1.54, 1.807) is 10.5 Å². The fraction of sp³-hybridized carbons (Fsp3) is 0.188. The predicted molar refractivity (Wildman–Crippen MR) is 88.8 cm³/mol. The van der Waals surface area contributed by atoms with Crippen molar-refractivity contribution in [2.45, 2.75) is 18.9 Å². The predicted octanol–water partition coefficient (Wildman–Crippen LogP) is 2.38. The van der Waals surface area contributed by atoms with Gasteiger partial charge in [-0.15, -0.1) is 0 Å². The molecule has 120 valence electrons. The Kier molecular flexibility index (Phi) is 2.46. The SMILES string of the molecule is Nc1ncnc2c1c(-c1ccc(N)c3nc(F)cn13)cn2C1CC1. The van der Waals surface area contributed by atoms with Crippen LogP contribution in [0.25, 0.3) is 27.9 Å². The van der Waals surface area contributed by atoms with Crippen LogP contribution < -0.4 is 11.5 Å². The molecule has 7 nitrogen and oxygen atoms in total. The molecule has 0 saturated heterocycles. The molecule has 1 saturated carbocycles. The van der Waals surface area contributed by atoms with Gasteiger partial charge in [-0.1, -0.05) is 0 Å². The van der Waals surface area contributed by atoms with Gasteiger partial charge in [0.2, 0.25) is 5.95 Å².